The second-order valence-electron chi connectivity index (χ2n) is 3.73. The van der Waals surface area contributed by atoms with Crippen molar-refractivity contribution in [3.63, 3.8) is 0 Å². The van der Waals surface area contributed by atoms with E-state index in [4.69, 9.17) is 5.73 Å². The summed E-state index contributed by atoms with van der Waals surface area (Å²) in [7, 11) is 1.78. The normalized spacial score (nSPS) is 10.5. The molecular weight excluding hydrogens is 238 g/mol. The van der Waals surface area contributed by atoms with Crippen LogP contribution in [0.25, 0.3) is 0 Å². The zero-order valence-corrected chi connectivity index (χ0v) is 11.1. The molecule has 0 aliphatic rings. The van der Waals surface area contributed by atoms with Gasteiger partial charge >= 0.3 is 0 Å². The molecule has 0 aromatic carbocycles. The molecule has 6 nitrogen and oxygen atoms in total. The number of amides is 1. The van der Waals surface area contributed by atoms with E-state index < -0.39 is 0 Å². The largest absolute Gasteiger partial charge is 0.340 e. The van der Waals surface area contributed by atoms with E-state index >= 15 is 0 Å². The molecule has 1 aromatic rings. The van der Waals surface area contributed by atoms with Crippen molar-refractivity contribution in [2.24, 2.45) is 5.73 Å². The molecule has 1 rings (SSSR count). The lowest BCUT2D eigenvalue weighted by Crippen LogP contribution is -2.28. The van der Waals surface area contributed by atoms with Crippen molar-refractivity contribution in [1.29, 1.82) is 0 Å². The van der Waals surface area contributed by atoms with Gasteiger partial charge in [0.05, 0.1) is 12.7 Å². The Kier molecular flexibility index (Phi) is 5.99. The van der Waals surface area contributed by atoms with Crippen LogP contribution in [0, 0.1) is 0 Å². The smallest absolute Gasteiger partial charge is 0.275 e. The molecule has 0 spiro atoms. The van der Waals surface area contributed by atoms with Crippen LogP contribution in [-0.4, -0.2) is 57.9 Å². The minimum atomic E-state index is -0.0885. The molecule has 0 bridgehead atoms. The highest BCUT2D eigenvalue weighted by molar-refractivity contribution is 7.98. The van der Waals surface area contributed by atoms with Gasteiger partial charge < -0.3 is 10.6 Å². The van der Waals surface area contributed by atoms with Crippen molar-refractivity contribution in [1.82, 2.24) is 19.9 Å². The fourth-order valence-corrected chi connectivity index (χ4v) is 1.80. The highest BCUT2D eigenvalue weighted by atomic mass is 32.2. The monoisotopic (exact) mass is 257 g/mol. The van der Waals surface area contributed by atoms with Gasteiger partial charge in [-0.2, -0.15) is 11.8 Å². The van der Waals surface area contributed by atoms with Gasteiger partial charge in [-0.3, -0.25) is 9.48 Å². The van der Waals surface area contributed by atoms with Gasteiger partial charge in [-0.05, 0) is 18.4 Å². The second kappa shape index (κ2) is 7.29. The minimum absolute atomic E-state index is 0.0885. The van der Waals surface area contributed by atoms with Gasteiger partial charge in [0.1, 0.15) is 0 Å². The highest BCUT2D eigenvalue weighted by Crippen LogP contribution is 2.02. The summed E-state index contributed by atoms with van der Waals surface area (Å²) in [6, 6.07) is 0. The molecule has 17 heavy (non-hydrogen) atoms. The Bertz CT molecular complexity index is 354. The predicted molar refractivity (Wildman–Crippen MR) is 69.0 cm³/mol. The Labute approximate surface area is 106 Å². The molecular formula is C10H19N5OS. The average Bonchev–Trinajstić information content (AvgIpc) is 2.77. The number of rotatable bonds is 7. The Morgan fingerprint density at radius 3 is 3.06 bits per heavy atom. The molecule has 0 radical (unpaired) electrons. The van der Waals surface area contributed by atoms with Gasteiger partial charge in [0.2, 0.25) is 0 Å². The van der Waals surface area contributed by atoms with Crippen molar-refractivity contribution >= 4 is 17.7 Å². The first-order chi connectivity index (χ1) is 8.19. The van der Waals surface area contributed by atoms with E-state index in [9.17, 15) is 4.79 Å². The molecule has 1 aromatic heterocycles. The van der Waals surface area contributed by atoms with Gasteiger partial charge in [0, 0.05) is 20.1 Å². The number of hydrogen-bond acceptors (Lipinski definition) is 5. The van der Waals surface area contributed by atoms with Gasteiger partial charge in [-0.25, -0.2) is 0 Å². The molecule has 0 saturated heterocycles. The summed E-state index contributed by atoms with van der Waals surface area (Å²) >= 11 is 1.78. The molecule has 7 heteroatoms. The fraction of sp³-hybridized carbons (Fsp3) is 0.700. The maximum absolute atomic E-state index is 11.9. The van der Waals surface area contributed by atoms with Crippen LogP contribution < -0.4 is 5.73 Å². The van der Waals surface area contributed by atoms with Gasteiger partial charge in [-0.15, -0.1) is 5.10 Å². The number of thioether (sulfide) groups is 1. The van der Waals surface area contributed by atoms with E-state index in [1.54, 1.807) is 34.6 Å². The van der Waals surface area contributed by atoms with Crippen molar-refractivity contribution in [3.8, 4) is 0 Å². The maximum Gasteiger partial charge on any atom is 0.275 e. The second-order valence-corrected chi connectivity index (χ2v) is 4.71. The van der Waals surface area contributed by atoms with Crippen LogP contribution in [0.3, 0.4) is 0 Å². The molecule has 0 aliphatic heterocycles. The Hall–Kier alpha value is -1.08. The zero-order chi connectivity index (χ0) is 12.7. The van der Waals surface area contributed by atoms with E-state index in [-0.39, 0.29) is 5.91 Å². The topological polar surface area (TPSA) is 77.0 Å². The maximum atomic E-state index is 11.9. The lowest BCUT2D eigenvalue weighted by atomic mass is 10.3. The van der Waals surface area contributed by atoms with E-state index in [2.05, 4.69) is 16.6 Å². The number of carbonyl (C=O) groups is 1. The number of hydrogen-bond donors (Lipinski definition) is 1. The summed E-state index contributed by atoms with van der Waals surface area (Å²) in [5, 5.41) is 7.69. The van der Waals surface area contributed by atoms with Crippen molar-refractivity contribution in [2.45, 2.75) is 13.0 Å². The van der Waals surface area contributed by atoms with Crippen LogP contribution in [-0.2, 0) is 6.54 Å². The molecule has 0 saturated carbocycles. The summed E-state index contributed by atoms with van der Waals surface area (Å²) in [4.78, 5) is 13.6. The first-order valence-electron chi connectivity index (χ1n) is 5.53. The van der Waals surface area contributed by atoms with Gasteiger partial charge in [0.25, 0.3) is 5.91 Å². The number of nitrogens with zero attached hydrogens (tertiary/aromatic N) is 4. The molecule has 0 atom stereocenters. The Morgan fingerprint density at radius 2 is 2.41 bits per heavy atom. The molecule has 96 valence electrons. The Morgan fingerprint density at radius 1 is 1.65 bits per heavy atom. The van der Waals surface area contributed by atoms with Crippen molar-refractivity contribution in [3.05, 3.63) is 11.9 Å². The standard InChI is InChI=1S/C10H19N5OS/c1-14(5-3-7-17-2)10(16)9-8-15(6-4-11)13-12-9/h8H,3-7,11H2,1-2H3. The molecule has 0 fully saturated rings. The predicted octanol–water partition coefficient (Wildman–Crippen LogP) is 0.0619. The van der Waals surface area contributed by atoms with Crippen molar-refractivity contribution in [2.75, 3.05) is 32.1 Å². The van der Waals surface area contributed by atoms with Gasteiger partial charge in [0.15, 0.2) is 5.69 Å². The summed E-state index contributed by atoms with van der Waals surface area (Å²) < 4.78 is 1.59. The summed E-state index contributed by atoms with van der Waals surface area (Å²) in [5.74, 6) is 0.965. The fourth-order valence-electron chi connectivity index (χ4n) is 1.38. The molecule has 1 amide bonds. The molecule has 0 unspecified atom stereocenters. The third-order valence-corrected chi connectivity index (χ3v) is 3.00. The summed E-state index contributed by atoms with van der Waals surface area (Å²) in [6.07, 6.45) is 4.68. The van der Waals surface area contributed by atoms with Gasteiger partial charge in [-0.1, -0.05) is 5.21 Å². The van der Waals surface area contributed by atoms with E-state index in [1.165, 1.54) is 0 Å². The minimum Gasteiger partial charge on any atom is -0.340 e. The average molecular weight is 257 g/mol. The number of nitrogens with two attached hydrogens (primary N) is 1. The first-order valence-corrected chi connectivity index (χ1v) is 6.93. The van der Waals surface area contributed by atoms with Crippen LogP contribution in [0.2, 0.25) is 0 Å². The SMILES string of the molecule is CSCCCN(C)C(=O)c1cn(CCN)nn1. The van der Waals surface area contributed by atoms with Crippen LogP contribution in [0.4, 0.5) is 0 Å². The lowest BCUT2D eigenvalue weighted by molar-refractivity contribution is 0.0789. The molecule has 1 heterocycles. The summed E-state index contributed by atoms with van der Waals surface area (Å²) in [6.45, 7) is 1.81. The number of aromatic nitrogens is 3. The highest BCUT2D eigenvalue weighted by Gasteiger charge is 2.14. The third kappa shape index (κ3) is 4.35. The van der Waals surface area contributed by atoms with E-state index in [1.807, 2.05) is 0 Å². The van der Waals surface area contributed by atoms with Crippen LogP contribution in [0.15, 0.2) is 6.20 Å². The van der Waals surface area contributed by atoms with Crippen LogP contribution >= 0.6 is 11.8 Å². The van der Waals surface area contributed by atoms with Crippen molar-refractivity contribution < 1.29 is 4.79 Å². The molecule has 0 aliphatic carbocycles. The quantitative estimate of drug-likeness (QED) is 0.699. The van der Waals surface area contributed by atoms with E-state index in [0.717, 1.165) is 18.7 Å². The number of carbonyl (C=O) groups excluding carboxylic acids is 1. The Balaban J connectivity index is 2.49. The summed E-state index contributed by atoms with van der Waals surface area (Å²) in [5.41, 5.74) is 5.78. The lowest BCUT2D eigenvalue weighted by Gasteiger charge is -2.14. The van der Waals surface area contributed by atoms with Crippen LogP contribution in [0.5, 0.6) is 0 Å². The van der Waals surface area contributed by atoms with Crippen LogP contribution in [0.1, 0.15) is 16.9 Å². The molecule has 2 N–H and O–H groups in total. The first kappa shape index (κ1) is 14.0. The third-order valence-electron chi connectivity index (χ3n) is 2.30. The zero-order valence-electron chi connectivity index (χ0n) is 10.3. The van der Waals surface area contributed by atoms with E-state index in [0.29, 0.717) is 18.8 Å².